The van der Waals surface area contributed by atoms with Gasteiger partial charge in [0.05, 0.1) is 36.0 Å². The summed E-state index contributed by atoms with van der Waals surface area (Å²) in [5.41, 5.74) is 6.34. The van der Waals surface area contributed by atoms with E-state index in [1.165, 1.54) is 23.5 Å². The number of hydrogen-bond acceptors (Lipinski definition) is 8. The number of aromatic hydroxyl groups is 1. The first-order valence-corrected chi connectivity index (χ1v) is 15.3. The number of hydrazone groups is 1. The maximum Gasteiger partial charge on any atom is 0.271 e. The molecule has 0 saturated heterocycles. The van der Waals surface area contributed by atoms with Crippen LogP contribution in [0.15, 0.2) is 87.8 Å². The Morgan fingerprint density at radius 1 is 0.841 bits per heavy atom. The van der Waals surface area contributed by atoms with Gasteiger partial charge in [-0.05, 0) is 66.6 Å². The summed E-state index contributed by atoms with van der Waals surface area (Å²) < 4.78 is 6.05. The second-order valence-electron chi connectivity index (χ2n) is 9.52. The maximum atomic E-state index is 12.7. The third kappa shape index (κ3) is 8.83. The van der Waals surface area contributed by atoms with E-state index in [2.05, 4.69) is 37.1 Å². The van der Waals surface area contributed by atoms with E-state index in [9.17, 15) is 19.5 Å². The van der Waals surface area contributed by atoms with Crippen molar-refractivity contribution in [1.82, 2.24) is 16.1 Å². The van der Waals surface area contributed by atoms with Crippen molar-refractivity contribution in [2.24, 2.45) is 5.10 Å². The van der Waals surface area contributed by atoms with Crippen LogP contribution < -0.4 is 16.1 Å². The SMILES string of the molecule is C/C(=N\NC(=O)c1ccc(C(=O)NCc2ccc(C(=O)NCCOCCO)cc2)cc1)c1csc(-c2ccc(Br)cc2)c1O. The molecule has 0 radical (unpaired) electrons. The van der Waals surface area contributed by atoms with E-state index in [-0.39, 0.29) is 37.3 Å². The molecule has 1 heterocycles. The summed E-state index contributed by atoms with van der Waals surface area (Å²) >= 11 is 4.79. The van der Waals surface area contributed by atoms with Crippen LogP contribution in [-0.4, -0.2) is 60.0 Å². The number of thiophene rings is 1. The molecule has 0 aliphatic rings. The number of rotatable bonds is 13. The quantitative estimate of drug-likeness (QED) is 0.0786. The number of aliphatic hydroxyl groups is 1. The molecule has 0 fully saturated rings. The lowest BCUT2D eigenvalue weighted by Crippen LogP contribution is -2.27. The highest BCUT2D eigenvalue weighted by Gasteiger charge is 2.15. The topological polar surface area (TPSA) is 149 Å². The minimum Gasteiger partial charge on any atom is -0.506 e. The normalized spacial score (nSPS) is 11.2. The smallest absolute Gasteiger partial charge is 0.271 e. The van der Waals surface area contributed by atoms with Crippen molar-refractivity contribution >= 4 is 50.7 Å². The number of carbonyl (C=O) groups is 3. The van der Waals surface area contributed by atoms with Crippen LogP contribution in [0.5, 0.6) is 5.75 Å². The number of ether oxygens (including phenoxy) is 1. The molecule has 44 heavy (non-hydrogen) atoms. The second-order valence-corrected chi connectivity index (χ2v) is 11.3. The molecule has 0 aliphatic heterocycles. The summed E-state index contributed by atoms with van der Waals surface area (Å²) in [5.74, 6) is -0.916. The summed E-state index contributed by atoms with van der Waals surface area (Å²) in [5, 5.41) is 30.9. The molecule has 4 rings (SSSR count). The molecule has 12 heteroatoms. The van der Waals surface area contributed by atoms with E-state index < -0.39 is 5.91 Å². The average Bonchev–Trinajstić information content (AvgIpc) is 3.43. The Bertz CT molecular complexity index is 1620. The largest absolute Gasteiger partial charge is 0.506 e. The van der Waals surface area contributed by atoms with Crippen molar-refractivity contribution in [1.29, 1.82) is 0 Å². The Balaban J connectivity index is 1.26. The van der Waals surface area contributed by atoms with Gasteiger partial charge in [-0.1, -0.05) is 40.2 Å². The van der Waals surface area contributed by atoms with Gasteiger partial charge >= 0.3 is 0 Å². The minimum absolute atomic E-state index is 0.0659. The van der Waals surface area contributed by atoms with Crippen molar-refractivity contribution in [3.63, 3.8) is 0 Å². The lowest BCUT2D eigenvalue weighted by Gasteiger charge is -2.08. The highest BCUT2D eigenvalue weighted by molar-refractivity contribution is 9.10. The number of hydrogen-bond donors (Lipinski definition) is 5. The van der Waals surface area contributed by atoms with Gasteiger partial charge in [-0.15, -0.1) is 11.3 Å². The van der Waals surface area contributed by atoms with Crippen molar-refractivity contribution < 1.29 is 29.3 Å². The number of nitrogens with one attached hydrogen (secondary N) is 3. The van der Waals surface area contributed by atoms with Crippen LogP contribution in [0.25, 0.3) is 10.4 Å². The molecule has 0 saturated carbocycles. The zero-order valence-corrected chi connectivity index (χ0v) is 26.2. The monoisotopic (exact) mass is 678 g/mol. The van der Waals surface area contributed by atoms with E-state index in [4.69, 9.17) is 9.84 Å². The second kappa shape index (κ2) is 15.9. The molecule has 3 aromatic carbocycles. The molecule has 0 bridgehead atoms. The van der Waals surface area contributed by atoms with Gasteiger partial charge in [0.1, 0.15) is 5.75 Å². The third-order valence-corrected chi connectivity index (χ3v) is 7.98. The number of aliphatic hydroxyl groups excluding tert-OH is 1. The Morgan fingerprint density at radius 2 is 1.43 bits per heavy atom. The summed E-state index contributed by atoms with van der Waals surface area (Å²) in [6, 6.07) is 20.6. The average molecular weight is 680 g/mol. The van der Waals surface area contributed by atoms with Gasteiger partial charge in [-0.3, -0.25) is 14.4 Å². The number of halogens is 1. The zero-order valence-electron chi connectivity index (χ0n) is 23.8. The molecule has 1 aromatic heterocycles. The summed E-state index contributed by atoms with van der Waals surface area (Å²) in [4.78, 5) is 38.2. The number of nitrogens with zero attached hydrogens (tertiary/aromatic N) is 1. The highest BCUT2D eigenvalue weighted by atomic mass is 79.9. The molecule has 0 unspecified atom stereocenters. The Hall–Kier alpha value is -4.36. The van der Waals surface area contributed by atoms with Gasteiger partial charge in [0.25, 0.3) is 17.7 Å². The fraction of sp³-hybridized carbons (Fsp3) is 0.188. The van der Waals surface area contributed by atoms with Gasteiger partial charge in [-0.2, -0.15) is 5.10 Å². The summed E-state index contributed by atoms with van der Waals surface area (Å²) in [7, 11) is 0. The van der Waals surface area contributed by atoms with E-state index in [0.29, 0.717) is 46.0 Å². The van der Waals surface area contributed by atoms with Crippen molar-refractivity contribution in [2.45, 2.75) is 13.5 Å². The first kappa shape index (κ1) is 32.6. The van der Waals surface area contributed by atoms with Crippen LogP contribution in [0.2, 0.25) is 0 Å². The lowest BCUT2D eigenvalue weighted by molar-refractivity contribution is 0.0837. The number of benzene rings is 3. The summed E-state index contributed by atoms with van der Waals surface area (Å²) in [6.07, 6.45) is 0. The predicted octanol–water partition coefficient (Wildman–Crippen LogP) is 4.71. The molecular formula is C32H31BrN4O6S. The molecule has 5 N–H and O–H groups in total. The third-order valence-electron chi connectivity index (χ3n) is 6.43. The van der Waals surface area contributed by atoms with Crippen LogP contribution in [-0.2, 0) is 11.3 Å². The van der Waals surface area contributed by atoms with Crippen molar-refractivity contribution in [3.8, 4) is 16.2 Å². The van der Waals surface area contributed by atoms with E-state index in [1.54, 1.807) is 48.7 Å². The molecule has 10 nitrogen and oxygen atoms in total. The van der Waals surface area contributed by atoms with Crippen LogP contribution in [0.4, 0.5) is 0 Å². The van der Waals surface area contributed by atoms with Crippen LogP contribution in [0.1, 0.15) is 49.1 Å². The van der Waals surface area contributed by atoms with Crippen molar-refractivity contribution in [3.05, 3.63) is 110 Å². The Morgan fingerprint density at radius 3 is 2.07 bits per heavy atom. The van der Waals surface area contributed by atoms with Gasteiger partial charge in [0.15, 0.2) is 0 Å². The first-order valence-electron chi connectivity index (χ1n) is 13.6. The predicted molar refractivity (Wildman–Crippen MR) is 173 cm³/mol. The van der Waals surface area contributed by atoms with Crippen molar-refractivity contribution in [2.75, 3.05) is 26.4 Å². The molecule has 4 aromatic rings. The Labute approximate surface area is 266 Å². The standard InChI is InChI=1S/C32H31BrN4O6S/c1-20(27-19-44-29(28(27)39)22-10-12-26(33)13-11-22)36-37-32(42)25-8-6-24(7-9-25)31(41)35-18-21-2-4-23(5-3-21)30(40)34-14-16-43-17-15-38/h2-13,19,38-39H,14-18H2,1H3,(H,34,40)(H,35,41)(H,37,42)/b36-20+. The molecule has 3 amide bonds. The minimum atomic E-state index is -0.457. The van der Waals surface area contributed by atoms with Gasteiger partial charge in [0, 0.05) is 39.6 Å². The van der Waals surface area contributed by atoms with Crippen LogP contribution >= 0.6 is 27.3 Å². The fourth-order valence-corrected chi connectivity index (χ4v) is 5.29. The van der Waals surface area contributed by atoms with E-state index in [0.717, 1.165) is 15.6 Å². The fourth-order valence-electron chi connectivity index (χ4n) is 4.01. The van der Waals surface area contributed by atoms with Gasteiger partial charge in [-0.25, -0.2) is 5.43 Å². The molecule has 0 spiro atoms. The molecule has 228 valence electrons. The lowest BCUT2D eigenvalue weighted by atomic mass is 10.1. The zero-order chi connectivity index (χ0) is 31.5. The number of carbonyl (C=O) groups excluding carboxylic acids is 3. The number of amides is 3. The molecular weight excluding hydrogens is 648 g/mol. The van der Waals surface area contributed by atoms with Crippen LogP contribution in [0, 0.1) is 0 Å². The first-order chi connectivity index (χ1) is 21.3. The van der Waals surface area contributed by atoms with Gasteiger partial charge < -0.3 is 25.6 Å². The Kier molecular flexibility index (Phi) is 11.8. The highest BCUT2D eigenvalue weighted by Crippen LogP contribution is 2.39. The summed E-state index contributed by atoms with van der Waals surface area (Å²) in [6.45, 7) is 2.75. The van der Waals surface area contributed by atoms with Crippen LogP contribution in [0.3, 0.4) is 0 Å². The maximum absolute atomic E-state index is 12.7. The van der Waals surface area contributed by atoms with E-state index >= 15 is 0 Å². The van der Waals surface area contributed by atoms with E-state index in [1.807, 2.05) is 24.3 Å². The van der Waals surface area contributed by atoms with Gasteiger partial charge in [0.2, 0.25) is 0 Å². The molecule has 0 atom stereocenters. The molecule has 0 aliphatic carbocycles.